The largest absolute Gasteiger partial charge is 0.477 e. The highest BCUT2D eigenvalue weighted by atomic mass is 79.9. The van der Waals surface area contributed by atoms with Gasteiger partial charge in [-0.1, -0.05) is 5.16 Å². The summed E-state index contributed by atoms with van der Waals surface area (Å²) in [6.45, 7) is 3.54. The molecule has 0 radical (unpaired) electrons. The van der Waals surface area contributed by atoms with Gasteiger partial charge >= 0.3 is 0 Å². The van der Waals surface area contributed by atoms with Crippen molar-refractivity contribution in [1.29, 1.82) is 0 Å². The number of aromatic nitrogens is 3. The maximum Gasteiger partial charge on any atom is 0.259 e. The summed E-state index contributed by atoms with van der Waals surface area (Å²) in [5.41, 5.74) is 0.491. The third-order valence-corrected chi connectivity index (χ3v) is 4.70. The van der Waals surface area contributed by atoms with Crippen LogP contribution in [0.1, 0.15) is 40.8 Å². The first-order valence-electron chi connectivity index (χ1n) is 7.98. The van der Waals surface area contributed by atoms with Gasteiger partial charge in [0.25, 0.3) is 5.91 Å². The van der Waals surface area contributed by atoms with Crippen molar-refractivity contribution in [2.24, 2.45) is 5.92 Å². The van der Waals surface area contributed by atoms with Gasteiger partial charge in [0, 0.05) is 23.8 Å². The van der Waals surface area contributed by atoms with Crippen molar-refractivity contribution >= 4 is 21.8 Å². The van der Waals surface area contributed by atoms with Gasteiger partial charge in [-0.25, -0.2) is 4.98 Å². The number of carbonyl (C=O) groups is 1. The van der Waals surface area contributed by atoms with E-state index in [9.17, 15) is 4.79 Å². The Kier molecular flexibility index (Phi) is 3.99. The summed E-state index contributed by atoms with van der Waals surface area (Å²) in [5, 5.41) is 3.79. The van der Waals surface area contributed by atoms with Crippen molar-refractivity contribution in [1.82, 2.24) is 20.0 Å². The topological polar surface area (TPSA) is 81.4 Å². The van der Waals surface area contributed by atoms with Crippen LogP contribution in [0.3, 0.4) is 0 Å². The van der Waals surface area contributed by atoms with Crippen molar-refractivity contribution < 1.29 is 14.1 Å². The Bertz CT molecular complexity index is 768. The number of nitrogens with zero attached hydrogens (tertiary/aromatic N) is 4. The van der Waals surface area contributed by atoms with Crippen LogP contribution in [0.4, 0.5) is 0 Å². The molecule has 0 spiro atoms. The summed E-state index contributed by atoms with van der Waals surface area (Å²) in [5.74, 6) is 2.24. The quantitative estimate of drug-likeness (QED) is 0.777. The van der Waals surface area contributed by atoms with Gasteiger partial charge in [0.2, 0.25) is 11.8 Å². The summed E-state index contributed by atoms with van der Waals surface area (Å²) in [7, 11) is 0. The fraction of sp³-hybridized carbons (Fsp3) is 0.500. The molecule has 1 aliphatic heterocycles. The highest BCUT2D eigenvalue weighted by Gasteiger charge is 2.37. The molecule has 1 amide bonds. The molecule has 0 N–H and O–H groups in total. The van der Waals surface area contributed by atoms with Gasteiger partial charge in [0.1, 0.15) is 5.56 Å². The standard InChI is InChI=1S/C16H17BrN4O3/c1-9-19-14(24-20-9)11-6-21(7-11)16(22)13-4-12(17)5-18-15(13)23-8-10-2-3-10/h4-5,10-11H,2-3,6-8H2,1H3. The van der Waals surface area contributed by atoms with Crippen molar-refractivity contribution in [3.63, 3.8) is 0 Å². The Balaban J connectivity index is 1.45. The van der Waals surface area contributed by atoms with Crippen molar-refractivity contribution in [3.8, 4) is 5.88 Å². The third-order valence-electron chi connectivity index (χ3n) is 4.26. The van der Waals surface area contributed by atoms with Crippen LogP contribution in [0.2, 0.25) is 0 Å². The average molecular weight is 393 g/mol. The van der Waals surface area contributed by atoms with E-state index in [-0.39, 0.29) is 11.8 Å². The number of aryl methyl sites for hydroxylation is 1. The van der Waals surface area contributed by atoms with Crippen LogP contribution in [0.5, 0.6) is 5.88 Å². The molecule has 1 saturated heterocycles. The van der Waals surface area contributed by atoms with Gasteiger partial charge in [0.15, 0.2) is 5.82 Å². The van der Waals surface area contributed by atoms with Crippen LogP contribution in [-0.4, -0.2) is 45.6 Å². The highest BCUT2D eigenvalue weighted by molar-refractivity contribution is 9.10. The molecular formula is C16H17BrN4O3. The molecule has 8 heteroatoms. The van der Waals surface area contributed by atoms with E-state index >= 15 is 0 Å². The molecule has 2 aromatic rings. The first kappa shape index (κ1) is 15.6. The van der Waals surface area contributed by atoms with Gasteiger partial charge in [-0.15, -0.1) is 0 Å². The second-order valence-corrected chi connectivity index (χ2v) is 7.26. The van der Waals surface area contributed by atoms with E-state index in [0.29, 0.717) is 48.8 Å². The molecule has 4 rings (SSSR count). The van der Waals surface area contributed by atoms with E-state index in [1.54, 1.807) is 24.1 Å². The van der Waals surface area contributed by atoms with Gasteiger partial charge in [-0.05, 0) is 47.7 Å². The number of rotatable bonds is 5. The minimum absolute atomic E-state index is 0.0814. The number of hydrogen-bond acceptors (Lipinski definition) is 6. The van der Waals surface area contributed by atoms with Crippen LogP contribution in [0, 0.1) is 12.8 Å². The highest BCUT2D eigenvalue weighted by Crippen LogP contribution is 2.32. The number of ether oxygens (including phenoxy) is 1. The zero-order valence-electron chi connectivity index (χ0n) is 13.2. The van der Waals surface area contributed by atoms with Crippen LogP contribution in [0.15, 0.2) is 21.3 Å². The lowest BCUT2D eigenvalue weighted by Gasteiger charge is -2.37. The lowest BCUT2D eigenvalue weighted by molar-refractivity contribution is 0.0563. The van der Waals surface area contributed by atoms with Crippen molar-refractivity contribution in [2.45, 2.75) is 25.7 Å². The lowest BCUT2D eigenvalue weighted by atomic mass is 9.99. The number of amides is 1. The second kappa shape index (κ2) is 6.16. The third kappa shape index (κ3) is 3.15. The Labute approximate surface area is 147 Å². The van der Waals surface area contributed by atoms with Gasteiger partial charge in [-0.3, -0.25) is 4.79 Å². The Hall–Kier alpha value is -1.96. The maximum atomic E-state index is 12.8. The minimum atomic E-state index is -0.0814. The van der Waals surface area contributed by atoms with Crippen molar-refractivity contribution in [3.05, 3.63) is 34.0 Å². The Morgan fingerprint density at radius 3 is 2.92 bits per heavy atom. The summed E-state index contributed by atoms with van der Waals surface area (Å²) < 4.78 is 11.7. The monoisotopic (exact) mass is 392 g/mol. The molecule has 1 aliphatic carbocycles. The molecular weight excluding hydrogens is 376 g/mol. The van der Waals surface area contributed by atoms with Gasteiger partial charge < -0.3 is 14.2 Å². The first-order valence-corrected chi connectivity index (χ1v) is 8.77. The molecule has 24 heavy (non-hydrogen) atoms. The van der Waals surface area contributed by atoms with Crippen LogP contribution in [-0.2, 0) is 0 Å². The Morgan fingerprint density at radius 2 is 2.25 bits per heavy atom. The molecule has 1 saturated carbocycles. The zero-order valence-corrected chi connectivity index (χ0v) is 14.8. The molecule has 2 aromatic heterocycles. The van der Waals surface area contributed by atoms with E-state index < -0.39 is 0 Å². The molecule has 7 nitrogen and oxygen atoms in total. The van der Waals surface area contributed by atoms with E-state index in [1.807, 2.05) is 0 Å². The molecule has 2 aliphatic rings. The number of likely N-dealkylation sites (tertiary alicyclic amines) is 1. The van der Waals surface area contributed by atoms with E-state index in [2.05, 4.69) is 31.1 Å². The first-order chi connectivity index (χ1) is 11.6. The summed E-state index contributed by atoms with van der Waals surface area (Å²) in [6, 6.07) is 1.77. The predicted octanol–water partition coefficient (Wildman–Crippen LogP) is 2.56. The molecule has 3 heterocycles. The lowest BCUT2D eigenvalue weighted by Crippen LogP contribution is -2.48. The molecule has 2 fully saturated rings. The van der Waals surface area contributed by atoms with Crippen LogP contribution < -0.4 is 4.74 Å². The summed E-state index contributed by atoms with van der Waals surface area (Å²) >= 11 is 3.38. The summed E-state index contributed by atoms with van der Waals surface area (Å²) in [6.07, 6.45) is 4.04. The SMILES string of the molecule is Cc1noc(C2CN(C(=O)c3cc(Br)cnc3OCC3CC3)C2)n1. The smallest absolute Gasteiger partial charge is 0.259 e. The second-order valence-electron chi connectivity index (χ2n) is 6.35. The van der Waals surface area contributed by atoms with Crippen LogP contribution >= 0.6 is 15.9 Å². The minimum Gasteiger partial charge on any atom is -0.477 e. The van der Waals surface area contributed by atoms with E-state index in [0.717, 1.165) is 4.47 Å². The summed E-state index contributed by atoms with van der Waals surface area (Å²) in [4.78, 5) is 23.0. The number of pyridine rings is 1. The van der Waals surface area contributed by atoms with Crippen molar-refractivity contribution in [2.75, 3.05) is 19.7 Å². The fourth-order valence-electron chi connectivity index (χ4n) is 2.63. The number of halogens is 1. The predicted molar refractivity (Wildman–Crippen MR) is 87.8 cm³/mol. The number of carbonyl (C=O) groups excluding carboxylic acids is 1. The van der Waals surface area contributed by atoms with E-state index in [4.69, 9.17) is 9.26 Å². The molecule has 0 aromatic carbocycles. The Morgan fingerprint density at radius 1 is 1.46 bits per heavy atom. The van der Waals surface area contributed by atoms with Gasteiger partial charge in [0.05, 0.1) is 12.5 Å². The average Bonchev–Trinajstić information content (AvgIpc) is 3.25. The fourth-order valence-corrected chi connectivity index (χ4v) is 2.96. The van der Waals surface area contributed by atoms with Gasteiger partial charge in [-0.2, -0.15) is 4.98 Å². The molecule has 0 unspecified atom stereocenters. The number of hydrogen-bond donors (Lipinski definition) is 0. The van der Waals surface area contributed by atoms with Crippen LogP contribution in [0.25, 0.3) is 0 Å². The normalized spacial score (nSPS) is 17.7. The van der Waals surface area contributed by atoms with E-state index in [1.165, 1.54) is 12.8 Å². The molecule has 0 bridgehead atoms. The molecule has 0 atom stereocenters. The molecule has 126 valence electrons. The zero-order chi connectivity index (χ0) is 16.7. The maximum absolute atomic E-state index is 12.8.